The molecule has 0 fully saturated rings. The Bertz CT molecular complexity index is 547. The molecule has 1 N–H and O–H groups in total. The van der Waals surface area contributed by atoms with Crippen LogP contribution in [0.15, 0.2) is 65.6 Å². The van der Waals surface area contributed by atoms with Gasteiger partial charge in [-0.2, -0.15) is 0 Å². The van der Waals surface area contributed by atoms with Crippen LogP contribution in [0.2, 0.25) is 0 Å². The number of rotatable bonds is 3. The third-order valence-electron chi connectivity index (χ3n) is 2.18. The molecule has 16 heavy (non-hydrogen) atoms. The Kier molecular flexibility index (Phi) is 2.97. The molecule has 1 atom stereocenters. The van der Waals surface area contributed by atoms with Crippen LogP contribution in [0.1, 0.15) is 0 Å². The molecular formula is C13H13NOS. The van der Waals surface area contributed by atoms with Crippen molar-refractivity contribution in [3.63, 3.8) is 0 Å². The number of nitrogens with one attached hydrogen (secondary N) is 1. The third kappa shape index (κ3) is 2.44. The lowest BCUT2D eigenvalue weighted by Gasteiger charge is -2.12. The fourth-order valence-corrected chi connectivity index (χ4v) is 2.63. The molecule has 0 saturated heterocycles. The molecule has 2 aromatic carbocycles. The highest BCUT2D eigenvalue weighted by Crippen LogP contribution is 2.14. The lowest BCUT2D eigenvalue weighted by Crippen LogP contribution is -2.12. The van der Waals surface area contributed by atoms with Crippen molar-refractivity contribution in [2.75, 3.05) is 4.72 Å². The minimum Gasteiger partial charge on any atom is -0.309 e. The minimum atomic E-state index is -2.46. The maximum Gasteiger partial charge on any atom is 0.0738 e. The summed E-state index contributed by atoms with van der Waals surface area (Å²) in [5.74, 6) is 3.75. The molecule has 0 aromatic heterocycles. The van der Waals surface area contributed by atoms with Gasteiger partial charge in [0.15, 0.2) is 0 Å². The van der Waals surface area contributed by atoms with E-state index in [1.165, 1.54) is 0 Å². The molecule has 0 aliphatic carbocycles. The maximum atomic E-state index is 12.3. The van der Waals surface area contributed by atoms with Crippen molar-refractivity contribution in [1.29, 1.82) is 0 Å². The third-order valence-corrected chi connectivity index (χ3v) is 3.78. The van der Waals surface area contributed by atoms with E-state index in [-0.39, 0.29) is 0 Å². The zero-order chi connectivity index (χ0) is 11.4. The second-order valence-electron chi connectivity index (χ2n) is 3.46. The molecule has 0 aliphatic heterocycles. The summed E-state index contributed by atoms with van der Waals surface area (Å²) >= 11 is 0. The standard InChI is InChI=1S/C13H13NOS/c1-16(15,13-10-6-3-7-11-13)14-12-8-4-2-5-9-12/h2-11H,1H2,(H,14,15). The first-order valence-electron chi connectivity index (χ1n) is 4.93. The Labute approximate surface area is 96.1 Å². The first-order chi connectivity index (χ1) is 7.68. The van der Waals surface area contributed by atoms with Crippen LogP contribution in [-0.4, -0.2) is 10.1 Å². The molecule has 0 amide bonds. The molecule has 0 spiro atoms. The van der Waals surface area contributed by atoms with E-state index in [4.69, 9.17) is 0 Å². The van der Waals surface area contributed by atoms with E-state index in [1.807, 2.05) is 60.7 Å². The number of benzene rings is 2. The van der Waals surface area contributed by atoms with Gasteiger partial charge in [-0.15, -0.1) is 0 Å². The number of hydrogen-bond donors (Lipinski definition) is 1. The summed E-state index contributed by atoms with van der Waals surface area (Å²) < 4.78 is 15.3. The van der Waals surface area contributed by atoms with E-state index in [0.717, 1.165) is 5.69 Å². The van der Waals surface area contributed by atoms with Crippen molar-refractivity contribution in [2.45, 2.75) is 4.90 Å². The van der Waals surface area contributed by atoms with Crippen LogP contribution in [0.4, 0.5) is 5.69 Å². The molecule has 2 nitrogen and oxygen atoms in total. The van der Waals surface area contributed by atoms with Crippen molar-refractivity contribution in [3.05, 3.63) is 60.7 Å². The van der Waals surface area contributed by atoms with E-state index in [1.54, 1.807) is 0 Å². The quantitative estimate of drug-likeness (QED) is 0.809. The highest BCUT2D eigenvalue weighted by molar-refractivity contribution is 8.01. The van der Waals surface area contributed by atoms with Crippen LogP contribution < -0.4 is 4.72 Å². The van der Waals surface area contributed by atoms with Crippen LogP contribution in [0, 0.1) is 0 Å². The molecule has 82 valence electrons. The summed E-state index contributed by atoms with van der Waals surface area (Å²) in [6.45, 7) is 0. The van der Waals surface area contributed by atoms with E-state index >= 15 is 0 Å². The number of para-hydroxylation sites is 1. The topological polar surface area (TPSA) is 29.1 Å². The minimum absolute atomic E-state index is 0.707. The average Bonchev–Trinajstić information content (AvgIpc) is 2.31. The Morgan fingerprint density at radius 2 is 1.38 bits per heavy atom. The van der Waals surface area contributed by atoms with Crippen LogP contribution in [-0.2, 0) is 9.71 Å². The molecule has 0 heterocycles. The fourth-order valence-electron chi connectivity index (χ4n) is 1.40. The molecule has 0 bridgehead atoms. The van der Waals surface area contributed by atoms with Gasteiger partial charge in [0, 0.05) is 10.6 Å². The molecule has 0 aliphatic rings. The zero-order valence-corrected chi connectivity index (χ0v) is 9.61. The SMILES string of the molecule is C=S(=O)(Nc1ccccc1)c1ccccc1. The molecule has 0 saturated carbocycles. The van der Waals surface area contributed by atoms with Crippen molar-refractivity contribution in [1.82, 2.24) is 0 Å². The molecule has 1 unspecified atom stereocenters. The van der Waals surface area contributed by atoms with Crippen molar-refractivity contribution in [3.8, 4) is 0 Å². The summed E-state index contributed by atoms with van der Waals surface area (Å²) in [7, 11) is -2.46. The molecule has 3 heteroatoms. The van der Waals surface area contributed by atoms with Gasteiger partial charge in [-0.25, -0.2) is 4.21 Å². The van der Waals surface area contributed by atoms with Gasteiger partial charge < -0.3 is 4.72 Å². The van der Waals surface area contributed by atoms with Gasteiger partial charge in [0.2, 0.25) is 0 Å². The Hall–Kier alpha value is -1.74. The lowest BCUT2D eigenvalue weighted by molar-refractivity contribution is 0.684. The van der Waals surface area contributed by atoms with E-state index in [0.29, 0.717) is 4.90 Å². The monoisotopic (exact) mass is 231 g/mol. The predicted octanol–water partition coefficient (Wildman–Crippen LogP) is 2.79. The van der Waals surface area contributed by atoms with Gasteiger partial charge in [0.25, 0.3) is 0 Å². The van der Waals surface area contributed by atoms with Crippen molar-refractivity contribution in [2.24, 2.45) is 0 Å². The van der Waals surface area contributed by atoms with Crippen LogP contribution in [0.25, 0.3) is 0 Å². The van der Waals surface area contributed by atoms with Gasteiger partial charge >= 0.3 is 0 Å². The van der Waals surface area contributed by atoms with Crippen LogP contribution in [0.5, 0.6) is 0 Å². The van der Waals surface area contributed by atoms with Gasteiger partial charge in [-0.1, -0.05) is 36.4 Å². The van der Waals surface area contributed by atoms with Gasteiger partial charge in [0.05, 0.1) is 9.71 Å². The van der Waals surface area contributed by atoms with Crippen LogP contribution >= 0.6 is 0 Å². The molecule has 2 rings (SSSR count). The Balaban J connectivity index is 2.29. The number of anilines is 1. The largest absolute Gasteiger partial charge is 0.309 e. The summed E-state index contributed by atoms with van der Waals surface area (Å²) in [6.07, 6.45) is 0. The first-order valence-corrected chi connectivity index (χ1v) is 6.66. The highest BCUT2D eigenvalue weighted by Gasteiger charge is 2.05. The summed E-state index contributed by atoms with van der Waals surface area (Å²) in [6, 6.07) is 18.7. The van der Waals surface area contributed by atoms with Crippen LogP contribution in [0.3, 0.4) is 0 Å². The Morgan fingerprint density at radius 3 is 1.94 bits per heavy atom. The summed E-state index contributed by atoms with van der Waals surface area (Å²) in [4.78, 5) is 0.707. The first kappa shape index (κ1) is 10.8. The molecule has 2 aromatic rings. The number of hydrogen-bond acceptors (Lipinski definition) is 1. The maximum absolute atomic E-state index is 12.3. The second kappa shape index (κ2) is 4.41. The van der Waals surface area contributed by atoms with Crippen molar-refractivity contribution >= 4 is 21.3 Å². The van der Waals surface area contributed by atoms with Gasteiger partial charge in [-0.3, -0.25) is 0 Å². The Morgan fingerprint density at radius 1 is 0.875 bits per heavy atom. The smallest absolute Gasteiger partial charge is 0.0738 e. The molecular weight excluding hydrogens is 218 g/mol. The fraction of sp³-hybridized carbons (Fsp3) is 0. The average molecular weight is 231 g/mol. The summed E-state index contributed by atoms with van der Waals surface area (Å²) in [5.41, 5.74) is 0.811. The van der Waals surface area contributed by atoms with E-state index in [9.17, 15) is 4.21 Å². The normalized spacial score (nSPS) is 14.0. The zero-order valence-electron chi connectivity index (χ0n) is 8.80. The second-order valence-corrected chi connectivity index (χ2v) is 5.48. The molecule has 0 radical (unpaired) electrons. The van der Waals surface area contributed by atoms with E-state index < -0.39 is 9.71 Å². The highest BCUT2D eigenvalue weighted by atomic mass is 32.2. The van der Waals surface area contributed by atoms with E-state index in [2.05, 4.69) is 10.6 Å². The predicted molar refractivity (Wildman–Crippen MR) is 70.0 cm³/mol. The summed E-state index contributed by atoms with van der Waals surface area (Å²) in [5, 5.41) is 0. The lowest BCUT2D eigenvalue weighted by atomic mass is 10.3. The van der Waals surface area contributed by atoms with Gasteiger partial charge in [0.1, 0.15) is 0 Å². The van der Waals surface area contributed by atoms with Gasteiger partial charge in [-0.05, 0) is 30.1 Å². The van der Waals surface area contributed by atoms with Crippen molar-refractivity contribution < 1.29 is 4.21 Å².